The highest BCUT2D eigenvalue weighted by molar-refractivity contribution is 5.80. The zero-order chi connectivity index (χ0) is 16.2. The van der Waals surface area contributed by atoms with Gasteiger partial charge in [-0.25, -0.2) is 4.39 Å². The van der Waals surface area contributed by atoms with Gasteiger partial charge in [-0.3, -0.25) is 9.69 Å². The van der Waals surface area contributed by atoms with Crippen molar-refractivity contribution < 1.29 is 9.18 Å². The third-order valence-corrected chi connectivity index (χ3v) is 4.47. The number of benzene rings is 2. The summed E-state index contributed by atoms with van der Waals surface area (Å²) in [4.78, 5) is 13.7. The van der Waals surface area contributed by atoms with Gasteiger partial charge in [0.15, 0.2) is 0 Å². The van der Waals surface area contributed by atoms with Crippen LogP contribution in [-0.2, 0) is 17.8 Å². The van der Waals surface area contributed by atoms with E-state index in [1.807, 2.05) is 18.2 Å². The van der Waals surface area contributed by atoms with Gasteiger partial charge in [0.1, 0.15) is 5.82 Å². The molecular formula is C19H21FN2O. The Hall–Kier alpha value is -2.20. The van der Waals surface area contributed by atoms with Crippen LogP contribution in [0.3, 0.4) is 0 Å². The molecule has 1 atom stereocenters. The Morgan fingerprint density at radius 1 is 1.17 bits per heavy atom. The topological polar surface area (TPSA) is 46.3 Å². The average molecular weight is 312 g/mol. The van der Waals surface area contributed by atoms with E-state index in [4.69, 9.17) is 5.73 Å². The minimum atomic E-state index is -0.245. The maximum Gasteiger partial charge on any atom is 0.234 e. The molecule has 23 heavy (non-hydrogen) atoms. The van der Waals surface area contributed by atoms with Crippen LogP contribution in [0.2, 0.25) is 0 Å². The number of halogens is 1. The molecule has 0 radical (unpaired) electrons. The van der Waals surface area contributed by atoms with Crippen LogP contribution in [0.15, 0.2) is 48.5 Å². The third-order valence-electron chi connectivity index (χ3n) is 4.47. The van der Waals surface area contributed by atoms with Gasteiger partial charge in [-0.1, -0.05) is 36.4 Å². The van der Waals surface area contributed by atoms with Crippen LogP contribution in [0.5, 0.6) is 0 Å². The van der Waals surface area contributed by atoms with Crippen LogP contribution in [0, 0.1) is 5.82 Å². The fourth-order valence-corrected chi connectivity index (χ4v) is 3.31. The highest BCUT2D eigenvalue weighted by atomic mass is 19.1. The van der Waals surface area contributed by atoms with Crippen LogP contribution < -0.4 is 5.73 Å². The highest BCUT2D eigenvalue weighted by Gasteiger charge is 2.29. The molecule has 0 saturated carbocycles. The van der Waals surface area contributed by atoms with Gasteiger partial charge < -0.3 is 5.73 Å². The number of nitrogens with two attached hydrogens (primary N) is 1. The Bertz CT molecular complexity index is 701. The molecular weight excluding hydrogens is 291 g/mol. The first-order chi connectivity index (χ1) is 11.1. The van der Waals surface area contributed by atoms with Crippen molar-refractivity contribution in [3.05, 3.63) is 71.0 Å². The summed E-state index contributed by atoms with van der Waals surface area (Å²) < 4.78 is 13.4. The Morgan fingerprint density at radius 2 is 1.96 bits per heavy atom. The molecule has 1 fully saturated rings. The Labute approximate surface area is 135 Å². The van der Waals surface area contributed by atoms with Crippen molar-refractivity contribution in [1.29, 1.82) is 0 Å². The molecule has 3 nitrogen and oxygen atoms in total. The first-order valence-electron chi connectivity index (χ1n) is 7.98. The van der Waals surface area contributed by atoms with Crippen LogP contribution in [-0.4, -0.2) is 23.4 Å². The summed E-state index contributed by atoms with van der Waals surface area (Å²) in [7, 11) is 0. The van der Waals surface area contributed by atoms with Crippen LogP contribution in [0.4, 0.5) is 4.39 Å². The second-order valence-electron chi connectivity index (χ2n) is 6.11. The predicted octanol–water partition coefficient (Wildman–Crippen LogP) is 2.87. The molecule has 1 saturated heterocycles. The highest BCUT2D eigenvalue weighted by Crippen LogP contribution is 2.23. The number of amides is 1. The van der Waals surface area contributed by atoms with Crippen molar-refractivity contribution >= 4 is 5.91 Å². The summed E-state index contributed by atoms with van der Waals surface area (Å²) in [6.45, 7) is 1.60. The number of likely N-dealkylation sites (tertiary alicyclic amines) is 1. The second kappa shape index (κ2) is 6.92. The fourth-order valence-electron chi connectivity index (χ4n) is 3.31. The summed E-state index contributed by atoms with van der Waals surface area (Å²) in [6, 6.07) is 14.7. The molecule has 1 unspecified atom stereocenters. The number of rotatable bonds is 5. The van der Waals surface area contributed by atoms with E-state index in [0.717, 1.165) is 30.5 Å². The van der Waals surface area contributed by atoms with E-state index in [0.29, 0.717) is 13.0 Å². The molecule has 1 aliphatic rings. The van der Waals surface area contributed by atoms with Gasteiger partial charge in [-0.15, -0.1) is 0 Å². The van der Waals surface area contributed by atoms with E-state index >= 15 is 0 Å². The minimum Gasteiger partial charge on any atom is -0.368 e. The molecule has 2 N–H and O–H groups in total. The quantitative estimate of drug-likeness (QED) is 0.923. The number of carbonyl (C=O) groups is 1. The molecule has 120 valence electrons. The molecule has 1 heterocycles. The van der Waals surface area contributed by atoms with Crippen molar-refractivity contribution in [1.82, 2.24) is 4.90 Å². The maximum atomic E-state index is 13.4. The van der Waals surface area contributed by atoms with E-state index in [1.54, 1.807) is 12.1 Å². The maximum absolute atomic E-state index is 13.4. The van der Waals surface area contributed by atoms with E-state index in [2.05, 4.69) is 17.0 Å². The molecule has 1 aliphatic heterocycles. The lowest BCUT2D eigenvalue weighted by atomic mass is 9.99. The van der Waals surface area contributed by atoms with E-state index in [1.165, 1.54) is 11.6 Å². The fraction of sp³-hybridized carbons (Fsp3) is 0.316. The molecule has 0 aliphatic carbocycles. The zero-order valence-electron chi connectivity index (χ0n) is 13.0. The Kier molecular flexibility index (Phi) is 4.72. The molecule has 2 aromatic rings. The SMILES string of the molecule is NC(=O)C1CCCN1Cc1ccccc1Cc1cccc(F)c1. The standard InChI is InChI=1S/C19H21FN2O/c20-17-8-3-5-14(12-17)11-15-6-1-2-7-16(15)13-22-10-4-9-18(22)19(21)23/h1-3,5-8,12,18H,4,9-11,13H2,(H2,21,23). The van der Waals surface area contributed by atoms with Crippen LogP contribution >= 0.6 is 0 Å². The number of hydrogen-bond acceptors (Lipinski definition) is 2. The molecule has 0 bridgehead atoms. The normalized spacial score (nSPS) is 18.2. The smallest absolute Gasteiger partial charge is 0.234 e. The van der Waals surface area contributed by atoms with E-state index in [9.17, 15) is 9.18 Å². The van der Waals surface area contributed by atoms with Crippen molar-refractivity contribution in [2.24, 2.45) is 5.73 Å². The third kappa shape index (κ3) is 3.77. The first kappa shape index (κ1) is 15.7. The summed E-state index contributed by atoms with van der Waals surface area (Å²) in [5, 5.41) is 0. The van der Waals surface area contributed by atoms with E-state index in [-0.39, 0.29) is 17.8 Å². The largest absolute Gasteiger partial charge is 0.368 e. The van der Waals surface area contributed by atoms with Crippen molar-refractivity contribution in [3.63, 3.8) is 0 Å². The van der Waals surface area contributed by atoms with Crippen LogP contribution in [0.25, 0.3) is 0 Å². The molecule has 1 amide bonds. The van der Waals surface area contributed by atoms with Crippen molar-refractivity contribution in [2.75, 3.05) is 6.54 Å². The van der Waals surface area contributed by atoms with Crippen LogP contribution in [0.1, 0.15) is 29.5 Å². The number of hydrogen-bond donors (Lipinski definition) is 1. The van der Waals surface area contributed by atoms with Crippen molar-refractivity contribution in [2.45, 2.75) is 31.8 Å². The lowest BCUT2D eigenvalue weighted by molar-refractivity contribution is -0.122. The Balaban J connectivity index is 1.79. The summed E-state index contributed by atoms with van der Waals surface area (Å²) in [6.07, 6.45) is 2.52. The summed E-state index contributed by atoms with van der Waals surface area (Å²) in [5.41, 5.74) is 8.78. The van der Waals surface area contributed by atoms with Gasteiger partial charge in [-0.2, -0.15) is 0 Å². The van der Waals surface area contributed by atoms with Gasteiger partial charge in [-0.05, 0) is 54.6 Å². The van der Waals surface area contributed by atoms with Gasteiger partial charge in [0.05, 0.1) is 6.04 Å². The first-order valence-corrected chi connectivity index (χ1v) is 7.98. The molecule has 0 aromatic heterocycles. The predicted molar refractivity (Wildman–Crippen MR) is 88.3 cm³/mol. The molecule has 4 heteroatoms. The number of primary amides is 1. The van der Waals surface area contributed by atoms with Gasteiger partial charge in [0, 0.05) is 6.54 Å². The van der Waals surface area contributed by atoms with Gasteiger partial charge >= 0.3 is 0 Å². The Morgan fingerprint density at radius 3 is 2.70 bits per heavy atom. The average Bonchev–Trinajstić information content (AvgIpc) is 2.98. The lowest BCUT2D eigenvalue weighted by Crippen LogP contribution is -2.39. The minimum absolute atomic E-state index is 0.169. The lowest BCUT2D eigenvalue weighted by Gasteiger charge is -2.23. The molecule has 3 rings (SSSR count). The molecule has 2 aromatic carbocycles. The summed E-state index contributed by atoms with van der Waals surface area (Å²) in [5.74, 6) is -0.460. The van der Waals surface area contributed by atoms with Crippen molar-refractivity contribution in [3.8, 4) is 0 Å². The van der Waals surface area contributed by atoms with Gasteiger partial charge in [0.25, 0.3) is 0 Å². The number of nitrogens with zero attached hydrogens (tertiary/aromatic N) is 1. The number of carbonyl (C=O) groups excluding carboxylic acids is 1. The second-order valence-corrected chi connectivity index (χ2v) is 6.11. The monoisotopic (exact) mass is 312 g/mol. The zero-order valence-corrected chi connectivity index (χ0v) is 13.0. The molecule has 0 spiro atoms. The van der Waals surface area contributed by atoms with E-state index < -0.39 is 0 Å². The summed E-state index contributed by atoms with van der Waals surface area (Å²) >= 11 is 0. The van der Waals surface area contributed by atoms with Gasteiger partial charge in [0.2, 0.25) is 5.91 Å².